The molecule has 0 bridgehead atoms. The highest BCUT2D eigenvalue weighted by atomic mass is 32.1. The zero-order chi connectivity index (χ0) is 18.8. The average molecular weight is 371 g/mol. The molecule has 1 unspecified atom stereocenters. The van der Waals surface area contributed by atoms with E-state index in [1.165, 1.54) is 11.3 Å². The molecule has 0 spiro atoms. The number of thiophene rings is 1. The van der Waals surface area contributed by atoms with Gasteiger partial charge in [0.1, 0.15) is 4.83 Å². The summed E-state index contributed by atoms with van der Waals surface area (Å²) in [5, 5.41) is 17.5. The third kappa shape index (κ3) is 3.77. The quantitative estimate of drug-likeness (QED) is 0.698. The molecule has 0 saturated carbocycles. The van der Waals surface area contributed by atoms with Crippen LogP contribution in [0.1, 0.15) is 26.5 Å². The van der Waals surface area contributed by atoms with Crippen LogP contribution in [0.4, 0.5) is 0 Å². The molecule has 6 nitrogen and oxygen atoms in total. The van der Waals surface area contributed by atoms with Gasteiger partial charge in [-0.1, -0.05) is 29.8 Å². The molecule has 0 radical (unpaired) electrons. The topological polar surface area (TPSA) is 84.2 Å². The van der Waals surface area contributed by atoms with Crippen molar-refractivity contribution in [1.29, 1.82) is 0 Å². The number of carbonyl (C=O) groups excluding carboxylic acids is 1. The molecule has 2 N–H and O–H groups in total. The maximum atomic E-state index is 12.4. The first-order valence-electron chi connectivity index (χ1n) is 8.35. The molecule has 136 valence electrons. The number of nitrogens with one attached hydrogen (secondary N) is 1. The van der Waals surface area contributed by atoms with E-state index in [0.717, 1.165) is 27.0 Å². The number of benzene rings is 1. The Morgan fingerprint density at radius 1 is 1.31 bits per heavy atom. The predicted octanol–water partition coefficient (Wildman–Crippen LogP) is 2.92. The molecule has 7 heteroatoms. The van der Waals surface area contributed by atoms with Gasteiger partial charge in [0.2, 0.25) is 0 Å². The second-order valence-corrected chi connectivity index (χ2v) is 7.51. The van der Waals surface area contributed by atoms with E-state index in [1.807, 2.05) is 51.2 Å². The molecule has 1 aromatic carbocycles. The van der Waals surface area contributed by atoms with Crippen LogP contribution in [0.3, 0.4) is 0 Å². The highest BCUT2D eigenvalue weighted by Crippen LogP contribution is 2.27. The van der Waals surface area contributed by atoms with Gasteiger partial charge < -0.3 is 10.4 Å². The first kappa shape index (κ1) is 18.1. The first-order chi connectivity index (χ1) is 12.3. The number of fused-ring (bicyclic) bond motifs is 1. The molecular formula is C19H21N3O3S. The van der Waals surface area contributed by atoms with E-state index in [9.17, 15) is 14.7 Å². The van der Waals surface area contributed by atoms with Crippen LogP contribution in [0.5, 0.6) is 0 Å². The van der Waals surface area contributed by atoms with Gasteiger partial charge in [0.05, 0.1) is 16.5 Å². The van der Waals surface area contributed by atoms with E-state index in [4.69, 9.17) is 0 Å². The van der Waals surface area contributed by atoms with Crippen LogP contribution in [0.25, 0.3) is 10.2 Å². The molecule has 3 aromatic rings. The van der Waals surface area contributed by atoms with E-state index >= 15 is 0 Å². The van der Waals surface area contributed by atoms with E-state index < -0.39 is 11.9 Å². The minimum absolute atomic E-state index is 0.0909. The molecule has 0 fully saturated rings. The summed E-state index contributed by atoms with van der Waals surface area (Å²) in [6, 6.07) is 9.58. The molecule has 1 atom stereocenters. The second-order valence-electron chi connectivity index (χ2n) is 6.48. The van der Waals surface area contributed by atoms with Crippen LogP contribution in [0.2, 0.25) is 0 Å². The summed E-state index contributed by atoms with van der Waals surface area (Å²) in [6.45, 7) is 3.96. The van der Waals surface area contributed by atoms with Crippen LogP contribution in [-0.2, 0) is 18.3 Å². The van der Waals surface area contributed by atoms with Gasteiger partial charge in [0, 0.05) is 19.0 Å². The number of carbonyl (C=O) groups is 2. The number of carboxylic acids is 1. The Morgan fingerprint density at radius 2 is 2.08 bits per heavy atom. The van der Waals surface area contributed by atoms with Gasteiger partial charge in [-0.05, 0) is 31.9 Å². The van der Waals surface area contributed by atoms with Crippen molar-refractivity contribution in [3.63, 3.8) is 0 Å². The first-order valence-corrected chi connectivity index (χ1v) is 9.16. The van der Waals surface area contributed by atoms with Crippen molar-refractivity contribution in [2.24, 2.45) is 13.0 Å². The molecular weight excluding hydrogens is 350 g/mol. The number of nitrogens with zero attached hydrogens (tertiary/aromatic N) is 2. The van der Waals surface area contributed by atoms with Gasteiger partial charge in [0.15, 0.2) is 0 Å². The zero-order valence-electron chi connectivity index (χ0n) is 14.9. The molecule has 2 heterocycles. The van der Waals surface area contributed by atoms with Crippen molar-refractivity contribution < 1.29 is 14.7 Å². The largest absolute Gasteiger partial charge is 0.481 e. The van der Waals surface area contributed by atoms with Gasteiger partial charge in [-0.15, -0.1) is 11.3 Å². The number of amides is 1. The number of carboxylic acid groups (broad SMARTS) is 1. The van der Waals surface area contributed by atoms with Crippen LogP contribution in [-0.4, -0.2) is 33.3 Å². The van der Waals surface area contributed by atoms with Gasteiger partial charge in [-0.2, -0.15) is 5.10 Å². The Balaban J connectivity index is 1.68. The standard InChI is InChI=1S/C19H21N3O3S/c1-11-5-4-6-13(7-11)8-14(19(24)25)10-20-17(23)16-9-15-12(2)21-22(3)18(15)26-16/h4-7,9,14H,8,10H2,1-3H3,(H,20,23)(H,24,25). The Morgan fingerprint density at radius 3 is 2.73 bits per heavy atom. The summed E-state index contributed by atoms with van der Waals surface area (Å²) in [5.74, 6) is -1.83. The van der Waals surface area contributed by atoms with E-state index in [0.29, 0.717) is 11.3 Å². The van der Waals surface area contributed by atoms with Gasteiger partial charge in [-0.3, -0.25) is 14.3 Å². The third-order valence-corrected chi connectivity index (χ3v) is 5.54. The third-order valence-electron chi connectivity index (χ3n) is 4.34. The molecule has 26 heavy (non-hydrogen) atoms. The van der Waals surface area contributed by atoms with Crippen molar-refractivity contribution in [3.8, 4) is 0 Å². The van der Waals surface area contributed by atoms with Gasteiger partial charge in [0.25, 0.3) is 5.91 Å². The molecule has 1 amide bonds. The maximum absolute atomic E-state index is 12.4. The lowest BCUT2D eigenvalue weighted by molar-refractivity contribution is -0.141. The molecule has 0 aliphatic carbocycles. The highest BCUT2D eigenvalue weighted by Gasteiger charge is 2.21. The summed E-state index contributed by atoms with van der Waals surface area (Å²) < 4.78 is 1.75. The lowest BCUT2D eigenvalue weighted by Crippen LogP contribution is -2.33. The Labute approximate surface area is 155 Å². The monoisotopic (exact) mass is 371 g/mol. The van der Waals surface area contributed by atoms with Crippen LogP contribution < -0.4 is 5.32 Å². The van der Waals surface area contributed by atoms with Crippen molar-refractivity contribution in [2.45, 2.75) is 20.3 Å². The SMILES string of the molecule is Cc1cccc(CC(CNC(=O)c2cc3c(C)nn(C)c3s2)C(=O)O)c1. The number of rotatable bonds is 6. The number of aryl methyl sites for hydroxylation is 3. The van der Waals surface area contributed by atoms with Crippen molar-refractivity contribution in [2.75, 3.05) is 6.54 Å². The number of aromatic nitrogens is 2. The Hall–Kier alpha value is -2.67. The smallest absolute Gasteiger partial charge is 0.308 e. The maximum Gasteiger partial charge on any atom is 0.308 e. The van der Waals surface area contributed by atoms with E-state index in [-0.39, 0.29) is 12.5 Å². The fourth-order valence-electron chi connectivity index (χ4n) is 2.99. The lowest BCUT2D eigenvalue weighted by Gasteiger charge is -2.13. The number of hydrogen-bond donors (Lipinski definition) is 2. The van der Waals surface area contributed by atoms with Gasteiger partial charge >= 0.3 is 5.97 Å². The molecule has 0 saturated heterocycles. The summed E-state index contributed by atoms with van der Waals surface area (Å²) in [4.78, 5) is 25.5. The van der Waals surface area contributed by atoms with Crippen molar-refractivity contribution >= 4 is 33.4 Å². The minimum atomic E-state index is -0.914. The normalized spacial score (nSPS) is 12.3. The number of hydrogen-bond acceptors (Lipinski definition) is 4. The molecule has 2 aromatic heterocycles. The highest BCUT2D eigenvalue weighted by molar-refractivity contribution is 7.20. The van der Waals surface area contributed by atoms with Crippen LogP contribution in [0, 0.1) is 19.8 Å². The van der Waals surface area contributed by atoms with E-state index in [2.05, 4.69) is 10.4 Å². The molecule has 0 aliphatic rings. The fourth-order valence-corrected chi connectivity index (χ4v) is 4.03. The Bertz CT molecular complexity index is 939. The van der Waals surface area contributed by atoms with Gasteiger partial charge in [-0.25, -0.2) is 0 Å². The van der Waals surface area contributed by atoms with E-state index in [1.54, 1.807) is 4.68 Å². The minimum Gasteiger partial charge on any atom is -0.481 e. The summed E-state index contributed by atoms with van der Waals surface area (Å²) in [5.41, 5.74) is 2.92. The second kappa shape index (κ2) is 7.29. The van der Waals surface area contributed by atoms with Crippen molar-refractivity contribution in [1.82, 2.24) is 15.1 Å². The number of aliphatic carboxylic acids is 1. The molecule has 0 aliphatic heterocycles. The van der Waals surface area contributed by atoms with Crippen LogP contribution >= 0.6 is 11.3 Å². The zero-order valence-corrected chi connectivity index (χ0v) is 15.8. The predicted molar refractivity (Wildman–Crippen MR) is 102 cm³/mol. The summed E-state index contributed by atoms with van der Waals surface area (Å²) in [6.07, 6.45) is 0.382. The summed E-state index contributed by atoms with van der Waals surface area (Å²) >= 11 is 1.36. The summed E-state index contributed by atoms with van der Waals surface area (Å²) in [7, 11) is 1.84. The van der Waals surface area contributed by atoms with Crippen LogP contribution in [0.15, 0.2) is 30.3 Å². The molecule has 3 rings (SSSR count). The average Bonchev–Trinajstić information content (AvgIpc) is 3.13. The Kier molecular flexibility index (Phi) is 5.08. The fraction of sp³-hybridized carbons (Fsp3) is 0.316. The lowest BCUT2D eigenvalue weighted by atomic mass is 9.98. The van der Waals surface area contributed by atoms with Crippen molar-refractivity contribution in [3.05, 3.63) is 52.0 Å².